The van der Waals surface area contributed by atoms with Gasteiger partial charge in [0.05, 0.1) is 0 Å². The third-order valence-corrected chi connectivity index (χ3v) is 3.25. The number of carbonyl (C=O) groups is 1. The van der Waals surface area contributed by atoms with Gasteiger partial charge >= 0.3 is 0 Å². The van der Waals surface area contributed by atoms with Crippen molar-refractivity contribution in [2.45, 2.75) is 27.2 Å². The zero-order chi connectivity index (χ0) is 14.5. The summed E-state index contributed by atoms with van der Waals surface area (Å²) in [6.07, 6.45) is 0.804. The van der Waals surface area contributed by atoms with Crippen LogP contribution in [-0.4, -0.2) is 25.7 Å². The van der Waals surface area contributed by atoms with Gasteiger partial charge in [0.25, 0.3) is 5.91 Å². The first-order chi connectivity index (χ1) is 9.63. The molecule has 1 amide bonds. The van der Waals surface area contributed by atoms with Crippen molar-refractivity contribution in [3.05, 3.63) is 35.1 Å². The maximum atomic E-state index is 12.1. The average Bonchev–Trinajstić information content (AvgIpc) is 2.76. The van der Waals surface area contributed by atoms with Crippen molar-refractivity contribution in [2.75, 3.05) is 19.8 Å². The van der Waals surface area contributed by atoms with Gasteiger partial charge in [0.1, 0.15) is 5.58 Å². The molecule has 1 aromatic carbocycles. The molecule has 2 aromatic rings. The molecule has 0 atom stereocenters. The molecule has 0 saturated carbocycles. The van der Waals surface area contributed by atoms with Crippen molar-refractivity contribution in [3.8, 4) is 0 Å². The summed E-state index contributed by atoms with van der Waals surface area (Å²) in [5.74, 6) is 0.245. The average molecular weight is 275 g/mol. The van der Waals surface area contributed by atoms with Gasteiger partial charge in [-0.15, -0.1) is 0 Å². The lowest BCUT2D eigenvalue weighted by atomic mass is 10.1. The predicted molar refractivity (Wildman–Crippen MR) is 79.1 cm³/mol. The first kappa shape index (κ1) is 14.6. The second-order valence-corrected chi connectivity index (χ2v) is 4.86. The number of ether oxygens (including phenoxy) is 1. The van der Waals surface area contributed by atoms with Crippen LogP contribution in [0.2, 0.25) is 0 Å². The number of nitrogens with one attached hydrogen (secondary N) is 1. The van der Waals surface area contributed by atoms with Crippen molar-refractivity contribution in [3.63, 3.8) is 0 Å². The topological polar surface area (TPSA) is 51.5 Å². The lowest BCUT2D eigenvalue weighted by Gasteiger charge is -2.03. The van der Waals surface area contributed by atoms with Crippen LogP contribution in [0.25, 0.3) is 11.0 Å². The van der Waals surface area contributed by atoms with E-state index in [1.165, 1.54) is 0 Å². The highest BCUT2D eigenvalue weighted by Gasteiger charge is 2.17. The molecule has 0 aliphatic carbocycles. The van der Waals surface area contributed by atoms with E-state index in [9.17, 15) is 4.79 Å². The molecule has 0 fully saturated rings. The zero-order valence-corrected chi connectivity index (χ0v) is 12.3. The molecule has 0 bridgehead atoms. The number of aryl methyl sites for hydroxylation is 2. The lowest BCUT2D eigenvalue weighted by Crippen LogP contribution is -2.25. The summed E-state index contributed by atoms with van der Waals surface area (Å²) in [6, 6.07) is 5.93. The van der Waals surface area contributed by atoms with E-state index in [2.05, 4.69) is 5.32 Å². The van der Waals surface area contributed by atoms with Crippen molar-refractivity contribution in [2.24, 2.45) is 0 Å². The van der Waals surface area contributed by atoms with Crippen molar-refractivity contribution in [1.82, 2.24) is 5.32 Å². The first-order valence-electron chi connectivity index (χ1n) is 6.99. The summed E-state index contributed by atoms with van der Waals surface area (Å²) < 4.78 is 10.9. The van der Waals surface area contributed by atoms with Crippen LogP contribution in [-0.2, 0) is 4.74 Å². The molecule has 0 radical (unpaired) electrons. The zero-order valence-electron chi connectivity index (χ0n) is 12.3. The smallest absolute Gasteiger partial charge is 0.287 e. The molecule has 1 heterocycles. The van der Waals surface area contributed by atoms with Crippen LogP contribution in [0.4, 0.5) is 0 Å². The summed E-state index contributed by atoms with van der Waals surface area (Å²) in [6.45, 7) is 7.86. The Morgan fingerprint density at radius 1 is 1.35 bits per heavy atom. The minimum atomic E-state index is -0.159. The van der Waals surface area contributed by atoms with E-state index in [0.717, 1.165) is 28.5 Å². The molecule has 0 unspecified atom stereocenters. The van der Waals surface area contributed by atoms with Gasteiger partial charge in [0.15, 0.2) is 5.76 Å². The number of furan rings is 1. The van der Waals surface area contributed by atoms with Crippen LogP contribution in [0, 0.1) is 13.8 Å². The van der Waals surface area contributed by atoms with Gasteiger partial charge in [-0.1, -0.05) is 11.6 Å². The van der Waals surface area contributed by atoms with E-state index in [4.69, 9.17) is 9.15 Å². The molecule has 0 aliphatic rings. The van der Waals surface area contributed by atoms with Crippen LogP contribution in [0.1, 0.15) is 35.0 Å². The van der Waals surface area contributed by atoms with Gasteiger partial charge in [0, 0.05) is 30.7 Å². The fraction of sp³-hybridized carbons (Fsp3) is 0.438. The van der Waals surface area contributed by atoms with E-state index in [1.807, 2.05) is 39.0 Å². The number of rotatable bonds is 6. The van der Waals surface area contributed by atoms with Gasteiger partial charge in [0.2, 0.25) is 0 Å². The third-order valence-electron chi connectivity index (χ3n) is 3.25. The Morgan fingerprint density at radius 2 is 2.15 bits per heavy atom. The number of amides is 1. The maximum Gasteiger partial charge on any atom is 0.287 e. The van der Waals surface area contributed by atoms with Crippen molar-refractivity contribution < 1.29 is 13.9 Å². The number of benzene rings is 1. The summed E-state index contributed by atoms with van der Waals surface area (Å²) in [5, 5.41) is 3.87. The van der Waals surface area contributed by atoms with Crippen LogP contribution in [0.5, 0.6) is 0 Å². The molecule has 4 nitrogen and oxygen atoms in total. The second-order valence-electron chi connectivity index (χ2n) is 4.86. The van der Waals surface area contributed by atoms with Crippen molar-refractivity contribution >= 4 is 16.9 Å². The largest absolute Gasteiger partial charge is 0.451 e. The molecular formula is C16H21NO3. The van der Waals surface area contributed by atoms with E-state index in [0.29, 0.717) is 25.5 Å². The first-order valence-corrected chi connectivity index (χ1v) is 6.99. The highest BCUT2D eigenvalue weighted by atomic mass is 16.5. The Balaban J connectivity index is 2.05. The Labute approximate surface area is 119 Å². The minimum absolute atomic E-state index is 0.159. The Morgan fingerprint density at radius 3 is 2.90 bits per heavy atom. The molecule has 0 saturated heterocycles. The molecule has 2 rings (SSSR count). The Kier molecular flexibility index (Phi) is 4.79. The van der Waals surface area contributed by atoms with Crippen LogP contribution >= 0.6 is 0 Å². The van der Waals surface area contributed by atoms with E-state index >= 15 is 0 Å². The Bertz CT molecular complexity index is 601. The predicted octanol–water partition coefficient (Wildman–Crippen LogP) is 3.21. The van der Waals surface area contributed by atoms with Crippen LogP contribution in [0.15, 0.2) is 22.6 Å². The van der Waals surface area contributed by atoms with Crippen LogP contribution in [0.3, 0.4) is 0 Å². The van der Waals surface area contributed by atoms with Crippen LogP contribution < -0.4 is 5.32 Å². The van der Waals surface area contributed by atoms with Gasteiger partial charge in [-0.05, 0) is 39.3 Å². The fourth-order valence-corrected chi connectivity index (χ4v) is 2.15. The summed E-state index contributed by atoms with van der Waals surface area (Å²) >= 11 is 0. The fourth-order valence-electron chi connectivity index (χ4n) is 2.15. The number of hydrogen-bond acceptors (Lipinski definition) is 3. The molecule has 4 heteroatoms. The molecule has 0 aliphatic heterocycles. The van der Waals surface area contributed by atoms with Gasteiger partial charge in [-0.25, -0.2) is 0 Å². The number of hydrogen-bond donors (Lipinski definition) is 1. The molecule has 1 aromatic heterocycles. The number of carbonyl (C=O) groups excluding carboxylic acids is 1. The van der Waals surface area contributed by atoms with Gasteiger partial charge in [-0.2, -0.15) is 0 Å². The molecular weight excluding hydrogens is 254 g/mol. The lowest BCUT2D eigenvalue weighted by molar-refractivity contribution is 0.0918. The monoisotopic (exact) mass is 275 g/mol. The highest BCUT2D eigenvalue weighted by Crippen LogP contribution is 2.26. The SMILES string of the molecule is CCOCCCNC(=O)c1oc2ccc(C)cc2c1C. The molecule has 0 spiro atoms. The number of fused-ring (bicyclic) bond motifs is 1. The van der Waals surface area contributed by atoms with E-state index in [-0.39, 0.29) is 5.91 Å². The van der Waals surface area contributed by atoms with E-state index in [1.54, 1.807) is 0 Å². The van der Waals surface area contributed by atoms with Gasteiger partial charge in [-0.3, -0.25) is 4.79 Å². The summed E-state index contributed by atoms with van der Waals surface area (Å²) in [5.41, 5.74) is 2.81. The summed E-state index contributed by atoms with van der Waals surface area (Å²) in [4.78, 5) is 12.1. The summed E-state index contributed by atoms with van der Waals surface area (Å²) in [7, 11) is 0. The maximum absolute atomic E-state index is 12.1. The molecule has 108 valence electrons. The minimum Gasteiger partial charge on any atom is -0.451 e. The highest BCUT2D eigenvalue weighted by molar-refractivity contribution is 5.99. The second kappa shape index (κ2) is 6.57. The van der Waals surface area contributed by atoms with Crippen molar-refractivity contribution in [1.29, 1.82) is 0 Å². The molecule has 1 N–H and O–H groups in total. The normalized spacial score (nSPS) is 10.9. The van der Waals surface area contributed by atoms with Gasteiger partial charge < -0.3 is 14.5 Å². The molecule has 20 heavy (non-hydrogen) atoms. The Hall–Kier alpha value is -1.81. The quantitative estimate of drug-likeness (QED) is 0.824. The standard InChI is InChI=1S/C16H21NO3/c1-4-19-9-5-8-17-16(18)15-12(3)13-10-11(2)6-7-14(13)20-15/h6-7,10H,4-5,8-9H2,1-3H3,(H,17,18). The third kappa shape index (κ3) is 3.20. The van der Waals surface area contributed by atoms with E-state index < -0.39 is 0 Å².